The zero-order chi connectivity index (χ0) is 19.1. The van der Waals surface area contributed by atoms with Crippen molar-refractivity contribution in [2.24, 2.45) is 0 Å². The lowest BCUT2D eigenvalue weighted by molar-refractivity contribution is 0.470. The van der Waals surface area contributed by atoms with E-state index in [0.29, 0.717) is 5.69 Å². The summed E-state index contributed by atoms with van der Waals surface area (Å²) in [6.45, 7) is 0. The van der Waals surface area contributed by atoms with E-state index in [4.69, 9.17) is 4.55 Å². The number of anilines is 2. The third kappa shape index (κ3) is 3.48. The van der Waals surface area contributed by atoms with Gasteiger partial charge in [-0.15, -0.1) is 0 Å². The molecular formula is C16H13NO7S2. The molecule has 8 nitrogen and oxygen atoms in total. The van der Waals surface area contributed by atoms with Gasteiger partial charge in [-0.25, -0.2) is 0 Å². The van der Waals surface area contributed by atoms with Gasteiger partial charge in [0.15, 0.2) is 0 Å². The Morgan fingerprint density at radius 3 is 2.00 bits per heavy atom. The van der Waals surface area contributed by atoms with E-state index >= 15 is 0 Å². The molecule has 3 rings (SSSR count). The summed E-state index contributed by atoms with van der Waals surface area (Å²) >= 11 is 0. The fourth-order valence-corrected chi connectivity index (χ4v) is 3.71. The molecule has 26 heavy (non-hydrogen) atoms. The average molecular weight is 395 g/mol. The highest BCUT2D eigenvalue weighted by Crippen LogP contribution is 2.39. The number of para-hydroxylation sites is 1. The van der Waals surface area contributed by atoms with Crippen molar-refractivity contribution in [1.29, 1.82) is 0 Å². The third-order valence-electron chi connectivity index (χ3n) is 3.67. The quantitative estimate of drug-likeness (QED) is 0.390. The molecule has 3 aromatic rings. The molecular weight excluding hydrogens is 382 g/mol. The largest absolute Gasteiger partial charge is 0.507 e. The van der Waals surface area contributed by atoms with Gasteiger partial charge in [-0.2, -0.15) is 16.8 Å². The summed E-state index contributed by atoms with van der Waals surface area (Å²) in [6, 6.07) is 12.5. The van der Waals surface area contributed by atoms with E-state index in [1.807, 2.05) is 0 Å². The second kappa shape index (κ2) is 6.25. The Kier molecular flexibility index (Phi) is 4.36. The van der Waals surface area contributed by atoms with E-state index in [1.54, 1.807) is 30.3 Å². The van der Waals surface area contributed by atoms with Gasteiger partial charge in [0.25, 0.3) is 20.2 Å². The summed E-state index contributed by atoms with van der Waals surface area (Å²) in [4.78, 5) is -1.04. The van der Waals surface area contributed by atoms with Crippen molar-refractivity contribution in [3.8, 4) is 5.75 Å². The van der Waals surface area contributed by atoms with Crippen LogP contribution in [0.25, 0.3) is 10.8 Å². The molecule has 0 bridgehead atoms. The molecule has 0 fully saturated rings. The number of nitrogens with one attached hydrogen (secondary N) is 1. The molecule has 0 spiro atoms. The Balaban J connectivity index is 2.36. The molecule has 0 radical (unpaired) electrons. The SMILES string of the molecule is O=S(=O)(O)c1ccc2c(Nc3ccccc3)c(S(=O)(=O)O)cc(O)c2c1. The van der Waals surface area contributed by atoms with Crippen LogP contribution in [0.5, 0.6) is 5.75 Å². The topological polar surface area (TPSA) is 141 Å². The fourth-order valence-electron chi connectivity index (χ4n) is 2.52. The fraction of sp³-hybridized carbons (Fsp3) is 0. The number of phenolic OH excluding ortho intramolecular Hbond substituents is 1. The van der Waals surface area contributed by atoms with Gasteiger partial charge in [0.1, 0.15) is 10.6 Å². The molecule has 0 heterocycles. The van der Waals surface area contributed by atoms with Crippen LogP contribution in [0.3, 0.4) is 0 Å². The van der Waals surface area contributed by atoms with Crippen molar-refractivity contribution < 1.29 is 31.0 Å². The van der Waals surface area contributed by atoms with Crippen LogP contribution in [-0.2, 0) is 20.2 Å². The zero-order valence-electron chi connectivity index (χ0n) is 13.0. The number of aromatic hydroxyl groups is 1. The number of phenols is 1. The molecule has 3 aromatic carbocycles. The molecule has 0 aliphatic rings. The van der Waals surface area contributed by atoms with Crippen molar-refractivity contribution in [3.05, 3.63) is 54.6 Å². The van der Waals surface area contributed by atoms with Gasteiger partial charge < -0.3 is 10.4 Å². The first kappa shape index (κ1) is 18.1. The first-order chi connectivity index (χ1) is 12.1. The van der Waals surface area contributed by atoms with E-state index in [9.17, 15) is 26.5 Å². The maximum Gasteiger partial charge on any atom is 0.296 e. The van der Waals surface area contributed by atoms with E-state index in [0.717, 1.165) is 18.2 Å². The molecule has 0 saturated heterocycles. The minimum Gasteiger partial charge on any atom is -0.507 e. The average Bonchev–Trinajstić information content (AvgIpc) is 2.56. The highest BCUT2D eigenvalue weighted by molar-refractivity contribution is 7.86. The van der Waals surface area contributed by atoms with Crippen LogP contribution in [0.15, 0.2) is 64.4 Å². The van der Waals surface area contributed by atoms with Gasteiger partial charge in [0.05, 0.1) is 10.6 Å². The lowest BCUT2D eigenvalue weighted by atomic mass is 10.1. The van der Waals surface area contributed by atoms with Gasteiger partial charge in [-0.05, 0) is 24.3 Å². The van der Waals surface area contributed by atoms with Gasteiger partial charge in [-0.3, -0.25) is 9.11 Å². The van der Waals surface area contributed by atoms with Gasteiger partial charge in [0, 0.05) is 22.5 Å². The minimum absolute atomic E-state index is 0.0223. The Bertz CT molecular complexity index is 1200. The van der Waals surface area contributed by atoms with Crippen LogP contribution in [0.4, 0.5) is 11.4 Å². The van der Waals surface area contributed by atoms with Gasteiger partial charge >= 0.3 is 0 Å². The van der Waals surface area contributed by atoms with Crippen LogP contribution >= 0.6 is 0 Å². The maximum absolute atomic E-state index is 11.7. The van der Waals surface area contributed by atoms with Crippen molar-refractivity contribution >= 4 is 42.4 Å². The van der Waals surface area contributed by atoms with E-state index in [-0.39, 0.29) is 16.5 Å². The number of hydrogen-bond donors (Lipinski definition) is 4. The molecule has 0 amide bonds. The first-order valence-electron chi connectivity index (χ1n) is 7.14. The van der Waals surface area contributed by atoms with E-state index < -0.39 is 35.8 Å². The lowest BCUT2D eigenvalue weighted by Crippen LogP contribution is -2.05. The van der Waals surface area contributed by atoms with Crippen molar-refractivity contribution in [1.82, 2.24) is 0 Å². The van der Waals surface area contributed by atoms with Crippen molar-refractivity contribution in [3.63, 3.8) is 0 Å². The van der Waals surface area contributed by atoms with E-state index in [1.165, 1.54) is 6.07 Å². The Morgan fingerprint density at radius 2 is 1.42 bits per heavy atom. The summed E-state index contributed by atoms with van der Waals surface area (Å²) < 4.78 is 64.8. The molecule has 0 aromatic heterocycles. The second-order valence-corrected chi connectivity index (χ2v) is 8.23. The maximum atomic E-state index is 11.7. The van der Waals surface area contributed by atoms with Crippen LogP contribution in [0, 0.1) is 0 Å². The summed E-state index contributed by atoms with van der Waals surface area (Å²) in [5.74, 6) is -0.572. The normalized spacial score (nSPS) is 12.2. The van der Waals surface area contributed by atoms with Crippen LogP contribution in [0.2, 0.25) is 0 Å². The molecule has 0 aliphatic heterocycles. The minimum atomic E-state index is -4.70. The highest BCUT2D eigenvalue weighted by Gasteiger charge is 2.22. The van der Waals surface area contributed by atoms with Crippen LogP contribution < -0.4 is 5.32 Å². The van der Waals surface area contributed by atoms with Gasteiger partial charge in [-0.1, -0.05) is 24.3 Å². The van der Waals surface area contributed by atoms with Crippen LogP contribution in [-0.4, -0.2) is 31.0 Å². The molecule has 0 saturated carbocycles. The molecule has 0 unspecified atom stereocenters. The number of rotatable bonds is 4. The van der Waals surface area contributed by atoms with Crippen molar-refractivity contribution in [2.75, 3.05) is 5.32 Å². The summed E-state index contributed by atoms with van der Waals surface area (Å²) in [5, 5.41) is 13.1. The number of fused-ring (bicyclic) bond motifs is 1. The first-order valence-corrected chi connectivity index (χ1v) is 10.0. The molecule has 0 atom stereocenters. The smallest absolute Gasteiger partial charge is 0.296 e. The summed E-state index contributed by atoms with van der Waals surface area (Å²) in [6.07, 6.45) is 0. The van der Waals surface area contributed by atoms with Crippen molar-refractivity contribution in [2.45, 2.75) is 9.79 Å². The standard InChI is InChI=1S/C16H13NO7S2/c18-14-9-15(26(22,23)24)16(17-10-4-2-1-3-5-10)12-7-6-11(8-13(12)14)25(19,20)21/h1-9,17-18H,(H,19,20,21)(H,22,23,24). The molecule has 4 N–H and O–H groups in total. The number of benzene rings is 3. The predicted molar refractivity (Wildman–Crippen MR) is 95.0 cm³/mol. The lowest BCUT2D eigenvalue weighted by Gasteiger charge is -2.15. The van der Waals surface area contributed by atoms with E-state index in [2.05, 4.69) is 5.32 Å². The van der Waals surface area contributed by atoms with Crippen LogP contribution in [0.1, 0.15) is 0 Å². The second-order valence-electron chi connectivity index (χ2n) is 5.42. The third-order valence-corrected chi connectivity index (χ3v) is 5.40. The van der Waals surface area contributed by atoms with Gasteiger partial charge in [0.2, 0.25) is 0 Å². The Hall–Kier alpha value is -2.66. The highest BCUT2D eigenvalue weighted by atomic mass is 32.2. The summed E-state index contributed by atoms with van der Waals surface area (Å²) in [7, 11) is -9.22. The predicted octanol–water partition coefficient (Wildman–Crippen LogP) is 2.78. The molecule has 10 heteroatoms. The molecule has 0 aliphatic carbocycles. The number of hydrogen-bond acceptors (Lipinski definition) is 6. The summed E-state index contributed by atoms with van der Waals surface area (Å²) in [5.41, 5.74) is 0.455. The Morgan fingerprint density at radius 1 is 0.769 bits per heavy atom. The monoisotopic (exact) mass is 395 g/mol. The zero-order valence-corrected chi connectivity index (χ0v) is 14.6. The molecule has 136 valence electrons. The Labute approximate surface area is 149 Å².